The quantitative estimate of drug-likeness (QED) is 0.751. The van der Waals surface area contributed by atoms with Crippen LogP contribution < -0.4 is 0 Å². The van der Waals surface area contributed by atoms with Crippen molar-refractivity contribution < 1.29 is 14.3 Å². The van der Waals surface area contributed by atoms with E-state index in [9.17, 15) is 9.59 Å². The Labute approximate surface area is 138 Å². The van der Waals surface area contributed by atoms with Gasteiger partial charge in [-0.2, -0.15) is 0 Å². The number of hydrogen-bond donors (Lipinski definition) is 0. The number of rotatable bonds is 3. The van der Waals surface area contributed by atoms with Crippen molar-refractivity contribution in [3.63, 3.8) is 0 Å². The molecule has 0 spiro atoms. The minimum Gasteiger partial charge on any atom is -0.466 e. The molecular weight excluding hydrogens is 290 g/mol. The normalized spacial score (nSPS) is 41.9. The van der Waals surface area contributed by atoms with Crippen LogP contribution in [-0.4, -0.2) is 36.5 Å². The third-order valence-corrected chi connectivity index (χ3v) is 6.82. The Balaban J connectivity index is 1.47. The molecular formula is C19H29NO3. The number of ether oxygens (including phenoxy) is 1. The summed E-state index contributed by atoms with van der Waals surface area (Å²) in [6, 6.07) is 0. The highest BCUT2D eigenvalue weighted by atomic mass is 16.5. The molecule has 4 aliphatic carbocycles. The molecule has 4 heteroatoms. The van der Waals surface area contributed by atoms with Crippen molar-refractivity contribution in [2.75, 3.05) is 19.7 Å². The number of likely N-dealkylation sites (tertiary alicyclic amines) is 1. The molecule has 5 fully saturated rings. The van der Waals surface area contributed by atoms with Crippen LogP contribution in [0.1, 0.15) is 58.3 Å². The molecule has 0 aromatic carbocycles. The zero-order chi connectivity index (χ0) is 16.0. The Morgan fingerprint density at radius 1 is 1.09 bits per heavy atom. The summed E-state index contributed by atoms with van der Waals surface area (Å²) in [6.07, 6.45) is 9.20. The third-order valence-electron chi connectivity index (χ3n) is 6.82. The van der Waals surface area contributed by atoms with Gasteiger partial charge in [-0.1, -0.05) is 0 Å². The molecule has 1 heterocycles. The molecule has 1 aliphatic heterocycles. The Morgan fingerprint density at radius 2 is 1.70 bits per heavy atom. The van der Waals surface area contributed by atoms with Crippen molar-refractivity contribution in [1.82, 2.24) is 4.90 Å². The Hall–Kier alpha value is -1.06. The average molecular weight is 319 g/mol. The maximum absolute atomic E-state index is 13.4. The third kappa shape index (κ3) is 2.68. The number of piperidine rings is 1. The number of hydrogen-bond acceptors (Lipinski definition) is 3. The van der Waals surface area contributed by atoms with E-state index in [1.165, 1.54) is 19.3 Å². The fourth-order valence-electron chi connectivity index (χ4n) is 6.32. The van der Waals surface area contributed by atoms with Gasteiger partial charge in [-0.25, -0.2) is 0 Å². The maximum Gasteiger partial charge on any atom is 0.310 e. The van der Waals surface area contributed by atoms with Gasteiger partial charge in [0.1, 0.15) is 0 Å². The first-order valence-electron chi connectivity index (χ1n) is 9.55. The van der Waals surface area contributed by atoms with E-state index >= 15 is 0 Å². The average Bonchev–Trinajstić information content (AvgIpc) is 2.53. The van der Waals surface area contributed by atoms with E-state index in [2.05, 4.69) is 0 Å². The zero-order valence-electron chi connectivity index (χ0n) is 14.3. The van der Waals surface area contributed by atoms with Crippen molar-refractivity contribution in [2.45, 2.75) is 58.3 Å². The number of esters is 1. The van der Waals surface area contributed by atoms with Gasteiger partial charge in [0.25, 0.3) is 0 Å². The number of nitrogens with zero attached hydrogens (tertiary/aromatic N) is 1. The minimum atomic E-state index is -0.115. The summed E-state index contributed by atoms with van der Waals surface area (Å²) in [5.74, 6) is 2.50. The fourth-order valence-corrected chi connectivity index (χ4v) is 6.32. The molecule has 5 rings (SSSR count). The maximum atomic E-state index is 13.4. The van der Waals surface area contributed by atoms with E-state index in [0.29, 0.717) is 19.1 Å². The predicted octanol–water partition coefficient (Wildman–Crippen LogP) is 3.00. The first kappa shape index (κ1) is 15.5. The standard InChI is InChI=1S/C19H29NO3/c1-2-23-17(21)16-4-3-5-20(12-16)18(22)19-9-13-6-14(10-19)8-15(7-13)11-19/h13-16H,2-12H2,1H3/t13?,14?,15?,16-,19?/m1/s1. The Morgan fingerprint density at radius 3 is 2.26 bits per heavy atom. The number of amides is 1. The molecule has 0 N–H and O–H groups in total. The largest absolute Gasteiger partial charge is 0.466 e. The molecule has 0 aromatic heterocycles. The lowest BCUT2D eigenvalue weighted by Crippen LogP contribution is -2.56. The predicted molar refractivity (Wildman–Crippen MR) is 86.5 cm³/mol. The van der Waals surface area contributed by atoms with Gasteiger partial charge in [-0.15, -0.1) is 0 Å². The molecule has 0 radical (unpaired) electrons. The summed E-state index contributed by atoms with van der Waals surface area (Å²) in [4.78, 5) is 27.4. The molecule has 1 saturated heterocycles. The highest BCUT2D eigenvalue weighted by molar-refractivity contribution is 5.84. The van der Waals surface area contributed by atoms with Crippen molar-refractivity contribution in [3.8, 4) is 0 Å². The van der Waals surface area contributed by atoms with Gasteiger partial charge in [-0.05, 0) is 76.0 Å². The lowest BCUT2D eigenvalue weighted by molar-refractivity contribution is -0.162. The van der Waals surface area contributed by atoms with Gasteiger partial charge in [0.15, 0.2) is 0 Å². The smallest absolute Gasteiger partial charge is 0.310 e. The molecule has 128 valence electrons. The topological polar surface area (TPSA) is 46.6 Å². The fraction of sp³-hybridized carbons (Fsp3) is 0.895. The Bertz CT molecular complexity index is 466. The van der Waals surface area contributed by atoms with E-state index in [-0.39, 0.29) is 17.3 Å². The van der Waals surface area contributed by atoms with Crippen molar-refractivity contribution in [3.05, 3.63) is 0 Å². The van der Waals surface area contributed by atoms with Crippen LogP contribution in [0, 0.1) is 29.1 Å². The summed E-state index contributed by atoms with van der Waals surface area (Å²) in [5, 5.41) is 0. The first-order valence-corrected chi connectivity index (χ1v) is 9.55. The molecule has 0 unspecified atom stereocenters. The second kappa shape index (κ2) is 5.78. The van der Waals surface area contributed by atoms with Crippen LogP contribution in [0.4, 0.5) is 0 Å². The summed E-state index contributed by atoms with van der Waals surface area (Å²) < 4.78 is 5.18. The summed E-state index contributed by atoms with van der Waals surface area (Å²) in [5.41, 5.74) is -0.0781. The van der Waals surface area contributed by atoms with Crippen LogP contribution >= 0.6 is 0 Å². The molecule has 23 heavy (non-hydrogen) atoms. The van der Waals surface area contributed by atoms with Gasteiger partial charge in [0.2, 0.25) is 5.91 Å². The highest BCUT2D eigenvalue weighted by Crippen LogP contribution is 2.60. The molecule has 5 aliphatic rings. The van der Waals surface area contributed by atoms with Crippen molar-refractivity contribution >= 4 is 11.9 Å². The van der Waals surface area contributed by atoms with Crippen LogP contribution in [0.25, 0.3) is 0 Å². The number of carbonyl (C=O) groups is 2. The van der Waals surface area contributed by atoms with E-state index in [0.717, 1.165) is 56.4 Å². The lowest BCUT2D eigenvalue weighted by atomic mass is 9.49. The van der Waals surface area contributed by atoms with Gasteiger partial charge in [-0.3, -0.25) is 9.59 Å². The lowest BCUT2D eigenvalue weighted by Gasteiger charge is -2.57. The first-order chi connectivity index (χ1) is 11.1. The Kier molecular flexibility index (Phi) is 3.89. The number of carbonyl (C=O) groups excluding carboxylic acids is 2. The van der Waals surface area contributed by atoms with Crippen LogP contribution in [-0.2, 0) is 14.3 Å². The molecule has 4 bridgehead atoms. The monoisotopic (exact) mass is 319 g/mol. The molecule has 1 atom stereocenters. The van der Waals surface area contributed by atoms with Crippen molar-refractivity contribution in [1.29, 1.82) is 0 Å². The minimum absolute atomic E-state index is 0.0781. The van der Waals surface area contributed by atoms with E-state index in [4.69, 9.17) is 4.74 Å². The van der Waals surface area contributed by atoms with Crippen LogP contribution in [0.5, 0.6) is 0 Å². The summed E-state index contributed by atoms with van der Waals surface area (Å²) in [7, 11) is 0. The van der Waals surface area contributed by atoms with Gasteiger partial charge < -0.3 is 9.64 Å². The molecule has 0 aromatic rings. The van der Waals surface area contributed by atoms with Gasteiger partial charge >= 0.3 is 5.97 Å². The summed E-state index contributed by atoms with van der Waals surface area (Å²) >= 11 is 0. The van der Waals surface area contributed by atoms with E-state index < -0.39 is 0 Å². The summed E-state index contributed by atoms with van der Waals surface area (Å²) in [6.45, 7) is 3.69. The van der Waals surface area contributed by atoms with Gasteiger partial charge in [0.05, 0.1) is 17.9 Å². The molecule has 1 amide bonds. The van der Waals surface area contributed by atoms with Crippen LogP contribution in [0.15, 0.2) is 0 Å². The van der Waals surface area contributed by atoms with E-state index in [1.54, 1.807) is 0 Å². The second-order valence-corrected chi connectivity index (χ2v) is 8.54. The SMILES string of the molecule is CCOC(=O)[C@@H]1CCCN(C(=O)C23CC4CC(CC(C4)C2)C3)C1. The molecule has 4 saturated carbocycles. The van der Waals surface area contributed by atoms with Gasteiger partial charge in [0, 0.05) is 13.1 Å². The molecule has 4 nitrogen and oxygen atoms in total. The highest BCUT2D eigenvalue weighted by Gasteiger charge is 2.55. The van der Waals surface area contributed by atoms with E-state index in [1.807, 2.05) is 11.8 Å². The van der Waals surface area contributed by atoms with Crippen molar-refractivity contribution in [2.24, 2.45) is 29.1 Å². The second-order valence-electron chi connectivity index (χ2n) is 8.54. The zero-order valence-corrected chi connectivity index (χ0v) is 14.3. The van der Waals surface area contributed by atoms with Crippen LogP contribution in [0.2, 0.25) is 0 Å². The van der Waals surface area contributed by atoms with Crippen LogP contribution in [0.3, 0.4) is 0 Å².